The van der Waals surface area contributed by atoms with Crippen molar-refractivity contribution in [1.29, 1.82) is 0 Å². The van der Waals surface area contributed by atoms with Crippen molar-refractivity contribution >= 4 is 56.7 Å². The topological polar surface area (TPSA) is 222 Å². The summed E-state index contributed by atoms with van der Waals surface area (Å²) in [5, 5.41) is 29.7. The highest BCUT2D eigenvalue weighted by molar-refractivity contribution is 7.13. The normalized spacial score (nSPS) is 20.0. The second-order valence-corrected chi connectivity index (χ2v) is 25.0. The molecule has 8 heterocycles. The van der Waals surface area contributed by atoms with E-state index in [-0.39, 0.29) is 113 Å². The number of phenols is 1. The van der Waals surface area contributed by atoms with Crippen LogP contribution in [0.2, 0.25) is 0 Å². The third-order valence-electron chi connectivity index (χ3n) is 16.7. The van der Waals surface area contributed by atoms with Crippen molar-refractivity contribution in [3.63, 3.8) is 0 Å². The molecular formula is C63H70F2N10O9S. The fourth-order valence-electron chi connectivity index (χ4n) is 12.4. The van der Waals surface area contributed by atoms with Crippen LogP contribution in [0.3, 0.4) is 0 Å². The summed E-state index contributed by atoms with van der Waals surface area (Å²) in [6.45, 7) is 16.5. The van der Waals surface area contributed by atoms with Gasteiger partial charge in [0.2, 0.25) is 11.8 Å². The number of anilines is 1. The van der Waals surface area contributed by atoms with Crippen molar-refractivity contribution in [2.24, 2.45) is 11.8 Å². The number of carbonyl (C=O) groups is 3. The Labute approximate surface area is 495 Å². The number of fused-ring (bicyclic) bond motifs is 4. The Bertz CT molecular complexity index is 3670. The Morgan fingerprint density at radius 2 is 1.69 bits per heavy atom. The molecule has 3 aromatic carbocycles. The molecular weight excluding hydrogens is 1110 g/mol. The van der Waals surface area contributed by atoms with Gasteiger partial charge in [0.05, 0.1) is 57.9 Å². The number of hydrogen-bond donors (Lipinski definition) is 3. The maximum atomic E-state index is 17.3. The molecule has 3 amide bonds. The number of piperazine rings is 1. The largest absolute Gasteiger partial charge is 0.508 e. The summed E-state index contributed by atoms with van der Waals surface area (Å²) in [7, 11) is 0. The highest BCUT2D eigenvalue weighted by atomic mass is 32.1. The predicted molar refractivity (Wildman–Crippen MR) is 316 cm³/mol. The van der Waals surface area contributed by atoms with Crippen LogP contribution in [0.5, 0.6) is 17.6 Å². The van der Waals surface area contributed by atoms with Crippen LogP contribution in [-0.4, -0.2) is 150 Å². The maximum Gasteiger partial charge on any atom is 0.410 e. The number of aryl methyl sites for hydroxylation is 1. The Kier molecular flexibility index (Phi) is 16.7. The zero-order chi connectivity index (χ0) is 60.0. The molecule has 19 nitrogen and oxygen atoms in total. The van der Waals surface area contributed by atoms with E-state index in [0.29, 0.717) is 48.6 Å². The average Bonchev–Trinajstić information content (AvgIpc) is 1.51. The number of aliphatic hydroxyl groups excluding tert-OH is 1. The number of aliphatic hydroxyl groups is 1. The van der Waals surface area contributed by atoms with Gasteiger partial charge in [0.15, 0.2) is 11.6 Å². The Balaban J connectivity index is 0.725. The minimum atomic E-state index is -0.877. The number of carbonyl (C=O) groups excluding carboxylic acids is 3. The molecule has 4 aliphatic rings. The molecule has 4 fully saturated rings. The number of thiazole rings is 1. The van der Waals surface area contributed by atoms with Crippen LogP contribution in [-0.2, 0) is 14.3 Å². The summed E-state index contributed by atoms with van der Waals surface area (Å²) in [6.07, 6.45) is 9.21. The fraction of sp³-hybridized carbons (Fsp3) is 0.460. The van der Waals surface area contributed by atoms with E-state index < -0.39 is 35.3 Å². The first kappa shape index (κ1) is 58.8. The molecule has 6 atom stereocenters. The molecule has 0 saturated carbocycles. The quantitative estimate of drug-likeness (QED) is 0.0767. The molecule has 0 aliphatic carbocycles. The smallest absolute Gasteiger partial charge is 0.410 e. The molecule has 7 aromatic rings. The van der Waals surface area contributed by atoms with E-state index in [0.717, 1.165) is 60.5 Å². The van der Waals surface area contributed by atoms with Gasteiger partial charge in [-0.05, 0) is 125 Å². The zero-order valence-corrected chi connectivity index (χ0v) is 49.5. The zero-order valence-electron chi connectivity index (χ0n) is 48.7. The maximum absolute atomic E-state index is 17.3. The van der Waals surface area contributed by atoms with Crippen molar-refractivity contribution in [2.75, 3.05) is 57.4 Å². The second kappa shape index (κ2) is 24.2. The molecule has 4 aliphatic heterocycles. The van der Waals surface area contributed by atoms with Gasteiger partial charge in [-0.1, -0.05) is 50.1 Å². The number of nitrogens with one attached hydrogen (secondary N) is 1. The highest BCUT2D eigenvalue weighted by Crippen LogP contribution is 2.41. The van der Waals surface area contributed by atoms with Gasteiger partial charge in [0, 0.05) is 55.8 Å². The summed E-state index contributed by atoms with van der Waals surface area (Å²) in [4.78, 5) is 68.6. The number of likely N-dealkylation sites (tertiary alicyclic amines) is 2. The van der Waals surface area contributed by atoms with E-state index in [1.54, 1.807) is 22.3 Å². The Morgan fingerprint density at radius 1 is 0.953 bits per heavy atom. The van der Waals surface area contributed by atoms with Crippen molar-refractivity contribution in [3.05, 3.63) is 101 Å². The summed E-state index contributed by atoms with van der Waals surface area (Å²) < 4.78 is 56.5. The van der Waals surface area contributed by atoms with Crippen molar-refractivity contribution in [1.82, 2.24) is 45.1 Å². The fourth-order valence-corrected chi connectivity index (χ4v) is 13.2. The first-order valence-electron chi connectivity index (χ1n) is 29.0. The van der Waals surface area contributed by atoms with Gasteiger partial charge in [0.25, 0.3) is 5.88 Å². The van der Waals surface area contributed by atoms with Gasteiger partial charge in [-0.25, -0.2) is 18.6 Å². The number of halogens is 2. The third kappa shape index (κ3) is 12.3. The summed E-state index contributed by atoms with van der Waals surface area (Å²) in [6, 6.07) is 13.3. The van der Waals surface area contributed by atoms with Crippen LogP contribution in [0.1, 0.15) is 108 Å². The van der Waals surface area contributed by atoms with E-state index in [1.165, 1.54) is 35.4 Å². The van der Waals surface area contributed by atoms with Crippen LogP contribution in [0.4, 0.5) is 19.4 Å². The molecule has 85 heavy (non-hydrogen) atoms. The number of aromatic hydroxyl groups is 1. The summed E-state index contributed by atoms with van der Waals surface area (Å²) >= 11 is 1.57. The number of hydrogen-bond acceptors (Lipinski definition) is 17. The van der Waals surface area contributed by atoms with E-state index in [2.05, 4.69) is 36.2 Å². The molecule has 22 heteroatoms. The lowest BCUT2D eigenvalue weighted by Gasteiger charge is -2.42. The molecule has 4 saturated heterocycles. The number of amides is 3. The molecule has 3 N–H and O–H groups in total. The SMILES string of the molecule is C#Cc1c(F)ccc2cc(O)cc(-c3ncc4c(N5CC6CCC(C5)N6C(=O)OC(C)(C)C)nc(OCCN5CCC(COc6cc([C@@H](C(=O)N7C[C@H](O)C[C@H]7C(=O)N[C@@H](C)c7ccc(-c8scnc8C)cc7)C(C)C)on6)CC5)nc4c3F)c12. The summed E-state index contributed by atoms with van der Waals surface area (Å²) in [5.41, 5.74) is 3.74. The lowest BCUT2D eigenvalue weighted by Crippen LogP contribution is -2.57. The van der Waals surface area contributed by atoms with Crippen molar-refractivity contribution in [3.8, 4) is 51.7 Å². The second-order valence-electron chi connectivity index (χ2n) is 24.1. The highest BCUT2D eigenvalue weighted by Gasteiger charge is 2.46. The van der Waals surface area contributed by atoms with E-state index in [9.17, 15) is 24.6 Å². The summed E-state index contributed by atoms with van der Waals surface area (Å²) in [5.74, 6) is 0.0893. The van der Waals surface area contributed by atoms with Crippen LogP contribution < -0.4 is 19.7 Å². The Morgan fingerprint density at radius 3 is 2.38 bits per heavy atom. The van der Waals surface area contributed by atoms with Crippen LogP contribution >= 0.6 is 11.3 Å². The molecule has 2 unspecified atom stereocenters. The molecule has 0 radical (unpaired) electrons. The number of ether oxygens (including phenoxy) is 3. The van der Waals surface area contributed by atoms with Gasteiger partial charge >= 0.3 is 12.1 Å². The minimum Gasteiger partial charge on any atom is -0.508 e. The van der Waals surface area contributed by atoms with E-state index in [1.807, 2.05) is 83.1 Å². The number of nitrogens with zero attached hydrogens (tertiary/aromatic N) is 9. The average molecular weight is 1180 g/mol. The van der Waals surface area contributed by atoms with Gasteiger partial charge in [-0.3, -0.25) is 24.4 Å². The van der Waals surface area contributed by atoms with E-state index >= 15 is 8.78 Å². The molecule has 4 aromatic heterocycles. The lowest BCUT2D eigenvalue weighted by atomic mass is 9.91. The van der Waals surface area contributed by atoms with Crippen LogP contribution in [0.15, 0.2) is 70.8 Å². The number of rotatable bonds is 16. The number of phenolic OH excluding ortho intramolecular Hbond substituents is 1. The molecule has 11 rings (SSSR count). The first-order valence-corrected chi connectivity index (χ1v) is 29.9. The van der Waals surface area contributed by atoms with Crippen molar-refractivity contribution < 1.29 is 52.1 Å². The number of aromatic nitrogens is 5. The van der Waals surface area contributed by atoms with Crippen molar-refractivity contribution in [2.45, 2.75) is 122 Å². The molecule has 0 spiro atoms. The third-order valence-corrected chi connectivity index (χ3v) is 17.7. The number of piperidine rings is 1. The number of pyridine rings is 1. The Hall–Kier alpha value is -8.00. The number of benzene rings is 3. The number of β-amino-alcohol motifs (C(OH)–C–C–N with tert-alkyl or cyclic N) is 1. The van der Waals surface area contributed by atoms with Gasteiger partial charge in [-0.15, -0.1) is 17.8 Å². The molecule has 2 bridgehead atoms. The van der Waals surface area contributed by atoms with Crippen LogP contribution in [0.25, 0.3) is 43.4 Å². The molecule has 446 valence electrons. The van der Waals surface area contributed by atoms with Gasteiger partial charge < -0.3 is 44.1 Å². The standard InChI is InChI=1S/C63H70F2N10O9S/c1-9-45-48(64)17-14-40-24-43(76)25-46(53(40)45)55-54(65)56-47(28-66-55)58(73-29-41-15-16-42(30-73)75(41)62(80)83-63(6,7)8)70-61(69-56)81-23-22-72-20-18-37(19-21-72)32-82-51-27-50(84-71-51)52(34(2)3)60(79)74-31-44(77)26-49(74)59(78)68-35(4)38-10-12-39(13-11-38)57-36(5)67-33-85-57/h1,10-14,17,24-25,27-28,33-35,37,41-42,44,49,52,76-77H,15-16,18-23,26,29-32H2,2-8H3,(H,68,78)/t35-,41?,42?,44+,49-,52-/m0/s1. The van der Waals surface area contributed by atoms with Gasteiger partial charge in [0.1, 0.15) is 52.8 Å². The minimum absolute atomic E-state index is 0.00945. The van der Waals surface area contributed by atoms with E-state index in [4.69, 9.17) is 30.1 Å². The lowest BCUT2D eigenvalue weighted by molar-refractivity contribution is -0.141. The number of terminal acetylenes is 1. The first-order chi connectivity index (χ1) is 40.7. The van der Waals surface area contributed by atoms with Gasteiger partial charge in [-0.2, -0.15) is 9.97 Å². The van der Waals surface area contributed by atoms with Crippen LogP contribution in [0, 0.1) is 42.7 Å². The monoisotopic (exact) mass is 1180 g/mol. The predicted octanol–water partition coefficient (Wildman–Crippen LogP) is 9.57.